The quantitative estimate of drug-likeness (QED) is 0.617. The van der Waals surface area contributed by atoms with Crippen LogP contribution in [0.3, 0.4) is 0 Å². The standard InChI is InChI=1S/C6H12O2/c1-2-3-4-5-6(7)8/h2-5H2,1H3,(H,7,8)/i1D3,2D2,3D2. The molecule has 0 aliphatic heterocycles. The highest BCUT2D eigenvalue weighted by Gasteiger charge is 1.92. The predicted octanol–water partition coefficient (Wildman–Crippen LogP) is 1.65. The van der Waals surface area contributed by atoms with Crippen molar-refractivity contribution in [2.75, 3.05) is 0 Å². The van der Waals surface area contributed by atoms with E-state index in [2.05, 4.69) is 0 Å². The number of rotatable bonds is 4. The Morgan fingerprint density at radius 3 is 3.25 bits per heavy atom. The second-order valence-electron chi connectivity index (χ2n) is 1.20. The largest absolute Gasteiger partial charge is 0.481 e. The van der Waals surface area contributed by atoms with Crippen LogP contribution in [0.5, 0.6) is 0 Å². The van der Waals surface area contributed by atoms with E-state index in [9.17, 15) is 4.79 Å². The first-order valence-corrected chi connectivity index (χ1v) is 2.13. The summed E-state index contributed by atoms with van der Waals surface area (Å²) in [4.78, 5) is 10.2. The molecule has 0 aliphatic rings. The van der Waals surface area contributed by atoms with Gasteiger partial charge in [-0.1, -0.05) is 19.6 Å². The average molecular weight is 123 g/mol. The van der Waals surface area contributed by atoms with Crippen LogP contribution in [0.2, 0.25) is 0 Å². The lowest BCUT2D eigenvalue weighted by molar-refractivity contribution is -0.137. The van der Waals surface area contributed by atoms with E-state index in [1.165, 1.54) is 0 Å². The third-order valence-electron chi connectivity index (χ3n) is 0.552. The molecule has 0 rings (SSSR count). The van der Waals surface area contributed by atoms with Crippen LogP contribution in [0.25, 0.3) is 0 Å². The lowest BCUT2D eigenvalue weighted by atomic mass is 10.2. The van der Waals surface area contributed by atoms with Crippen LogP contribution in [-0.4, -0.2) is 11.1 Å². The van der Waals surface area contributed by atoms with Crippen LogP contribution < -0.4 is 0 Å². The predicted molar refractivity (Wildman–Crippen MR) is 31.8 cm³/mol. The summed E-state index contributed by atoms with van der Waals surface area (Å²) >= 11 is 0. The van der Waals surface area contributed by atoms with E-state index in [4.69, 9.17) is 14.7 Å². The normalized spacial score (nSPS) is 27.2. The highest BCUT2D eigenvalue weighted by atomic mass is 16.4. The molecule has 0 saturated carbocycles. The molecule has 0 aromatic carbocycles. The Balaban J connectivity index is 4.77. The van der Waals surface area contributed by atoms with Crippen LogP contribution in [-0.2, 0) is 4.79 Å². The first-order chi connectivity index (χ1) is 6.42. The average Bonchev–Trinajstić information content (AvgIpc) is 1.98. The number of aliphatic carboxylic acids is 1. The Labute approximate surface area is 59.4 Å². The minimum Gasteiger partial charge on any atom is -0.481 e. The van der Waals surface area contributed by atoms with Crippen molar-refractivity contribution in [3.8, 4) is 0 Å². The number of hydrogen-bond donors (Lipinski definition) is 1. The van der Waals surface area contributed by atoms with Crippen molar-refractivity contribution in [1.82, 2.24) is 0 Å². The van der Waals surface area contributed by atoms with Crippen LogP contribution >= 0.6 is 0 Å². The molecule has 1 N–H and O–H groups in total. The van der Waals surface area contributed by atoms with Gasteiger partial charge >= 0.3 is 5.97 Å². The van der Waals surface area contributed by atoms with Crippen LogP contribution in [0.15, 0.2) is 0 Å². The maximum Gasteiger partial charge on any atom is 0.303 e. The van der Waals surface area contributed by atoms with Gasteiger partial charge in [0, 0.05) is 16.0 Å². The van der Waals surface area contributed by atoms with E-state index in [0.717, 1.165) is 0 Å². The van der Waals surface area contributed by atoms with Gasteiger partial charge in [0.05, 0.1) is 0 Å². The molecule has 0 aliphatic carbocycles. The lowest BCUT2D eigenvalue weighted by Gasteiger charge is -1.89. The highest BCUT2D eigenvalue weighted by molar-refractivity contribution is 5.66. The molecule has 0 atom stereocenters. The van der Waals surface area contributed by atoms with Crippen molar-refractivity contribution in [1.29, 1.82) is 0 Å². The smallest absolute Gasteiger partial charge is 0.303 e. The summed E-state index contributed by atoms with van der Waals surface area (Å²) < 4.78 is 49.4. The zero-order valence-corrected chi connectivity index (χ0v) is 4.27. The van der Waals surface area contributed by atoms with E-state index in [1.807, 2.05) is 0 Å². The molecule has 0 aromatic rings. The molecule has 2 nitrogen and oxygen atoms in total. The Morgan fingerprint density at radius 1 is 2.00 bits per heavy atom. The summed E-state index contributed by atoms with van der Waals surface area (Å²) in [6, 6.07) is 0. The SMILES string of the molecule is [2H]C([2H])([2H])C([2H])([2H])C([2H])([2H])CCC(=O)O. The molecular weight excluding hydrogens is 104 g/mol. The summed E-state index contributed by atoms with van der Waals surface area (Å²) in [5, 5.41) is 8.32. The fourth-order valence-electron chi connectivity index (χ4n) is 0.232. The highest BCUT2D eigenvalue weighted by Crippen LogP contribution is 1.97. The zero-order chi connectivity index (χ0) is 12.5. The van der Waals surface area contributed by atoms with Gasteiger partial charge < -0.3 is 5.11 Å². The van der Waals surface area contributed by atoms with Crippen LogP contribution in [0.1, 0.15) is 42.0 Å². The first-order valence-electron chi connectivity index (χ1n) is 5.63. The third kappa shape index (κ3) is 5.47. The van der Waals surface area contributed by atoms with E-state index in [0.29, 0.717) is 0 Å². The summed E-state index contributed by atoms with van der Waals surface area (Å²) in [6.07, 6.45) is -7.04. The van der Waals surface area contributed by atoms with Gasteiger partial charge in [-0.15, -0.1) is 0 Å². The van der Waals surface area contributed by atoms with Gasteiger partial charge in [-0.05, 0) is 6.42 Å². The van der Waals surface area contributed by atoms with Gasteiger partial charge in [0.1, 0.15) is 0 Å². The molecular formula is C6H12O2. The monoisotopic (exact) mass is 123 g/mol. The number of carboxylic acid groups (broad SMARTS) is 1. The number of hydrogen-bond acceptors (Lipinski definition) is 1. The van der Waals surface area contributed by atoms with Gasteiger partial charge in [-0.3, -0.25) is 4.79 Å². The molecule has 0 spiro atoms. The molecule has 48 valence electrons. The Morgan fingerprint density at radius 2 is 2.75 bits per heavy atom. The van der Waals surface area contributed by atoms with Crippen molar-refractivity contribution in [2.45, 2.75) is 32.4 Å². The Kier molecular flexibility index (Phi) is 0.996. The molecule has 0 aromatic heterocycles. The van der Waals surface area contributed by atoms with Gasteiger partial charge in [-0.2, -0.15) is 0 Å². The molecule has 0 amide bonds. The van der Waals surface area contributed by atoms with Crippen molar-refractivity contribution >= 4 is 5.97 Å². The molecule has 0 saturated heterocycles. The maximum absolute atomic E-state index is 10.2. The molecule has 8 heavy (non-hydrogen) atoms. The van der Waals surface area contributed by atoms with E-state index in [-0.39, 0.29) is 0 Å². The molecule has 0 unspecified atom stereocenters. The third-order valence-corrected chi connectivity index (χ3v) is 0.552. The Hall–Kier alpha value is -0.530. The molecule has 0 radical (unpaired) electrons. The minimum atomic E-state index is -3.12. The maximum atomic E-state index is 10.2. The summed E-state index contributed by atoms with van der Waals surface area (Å²) in [7, 11) is 0. The second kappa shape index (κ2) is 4.62. The Bertz CT molecular complexity index is 244. The summed E-state index contributed by atoms with van der Waals surface area (Å²) in [6.45, 7) is -3.12. The van der Waals surface area contributed by atoms with Crippen molar-refractivity contribution in [3.63, 3.8) is 0 Å². The topological polar surface area (TPSA) is 37.3 Å². The van der Waals surface area contributed by atoms with E-state index in [1.54, 1.807) is 0 Å². The van der Waals surface area contributed by atoms with Gasteiger partial charge in [0.2, 0.25) is 0 Å². The lowest BCUT2D eigenvalue weighted by Crippen LogP contribution is -1.92. The summed E-state index contributed by atoms with van der Waals surface area (Å²) in [5.41, 5.74) is 0. The van der Waals surface area contributed by atoms with Gasteiger partial charge in [0.25, 0.3) is 0 Å². The van der Waals surface area contributed by atoms with Crippen molar-refractivity contribution < 1.29 is 19.5 Å². The minimum absolute atomic E-state index is 0.609. The van der Waals surface area contributed by atoms with Crippen molar-refractivity contribution in [3.05, 3.63) is 0 Å². The van der Waals surface area contributed by atoms with Crippen molar-refractivity contribution in [2.24, 2.45) is 0 Å². The summed E-state index contributed by atoms with van der Waals surface area (Å²) in [5.74, 6) is -1.29. The van der Waals surface area contributed by atoms with Crippen LogP contribution in [0, 0.1) is 0 Å². The van der Waals surface area contributed by atoms with Gasteiger partial charge in [-0.25, -0.2) is 0 Å². The van der Waals surface area contributed by atoms with E-state index < -0.39 is 38.4 Å². The second-order valence-corrected chi connectivity index (χ2v) is 1.20. The molecule has 0 heterocycles. The molecule has 0 fully saturated rings. The first kappa shape index (κ1) is 1.72. The fourth-order valence-corrected chi connectivity index (χ4v) is 0.232. The van der Waals surface area contributed by atoms with E-state index >= 15 is 0 Å². The van der Waals surface area contributed by atoms with Crippen LogP contribution in [0.4, 0.5) is 0 Å². The number of carbonyl (C=O) groups is 1. The van der Waals surface area contributed by atoms with Gasteiger partial charge in [0.15, 0.2) is 0 Å². The molecule has 2 heteroatoms. The fraction of sp³-hybridized carbons (Fsp3) is 0.833. The zero-order valence-electron chi connectivity index (χ0n) is 11.3. The number of carboxylic acids is 1. The molecule has 0 bridgehead atoms.